The van der Waals surface area contributed by atoms with Crippen molar-refractivity contribution < 1.29 is 9.13 Å². The van der Waals surface area contributed by atoms with Crippen LogP contribution in [0.1, 0.15) is 42.0 Å². The lowest BCUT2D eigenvalue weighted by atomic mass is 9.81. The van der Waals surface area contributed by atoms with Crippen LogP contribution in [0.3, 0.4) is 0 Å². The van der Waals surface area contributed by atoms with Crippen LogP contribution >= 0.6 is 0 Å². The molecule has 3 rings (SSSR count). The van der Waals surface area contributed by atoms with Crippen LogP contribution in [-0.4, -0.2) is 24.3 Å². The fourth-order valence-corrected chi connectivity index (χ4v) is 3.50. The van der Waals surface area contributed by atoms with Crippen LogP contribution in [0, 0.1) is 22.6 Å². The quantitative estimate of drug-likeness (QED) is 0.649. The molecule has 1 unspecified atom stereocenters. The normalized spacial score (nSPS) is 18.2. The molecule has 1 heterocycles. The summed E-state index contributed by atoms with van der Waals surface area (Å²) in [6, 6.07) is 14.2. The maximum absolute atomic E-state index is 13.4. The van der Waals surface area contributed by atoms with Gasteiger partial charge in [0.15, 0.2) is 0 Å². The van der Waals surface area contributed by atoms with E-state index >= 15 is 0 Å². The number of halogens is 1. The Balaban J connectivity index is 1.96. The summed E-state index contributed by atoms with van der Waals surface area (Å²) < 4.78 is 19.7. The highest BCUT2D eigenvalue weighted by Crippen LogP contribution is 2.45. The number of nitriles is 1. The number of fused-ring (bicyclic) bond motifs is 1. The molecule has 4 nitrogen and oxygen atoms in total. The summed E-state index contributed by atoms with van der Waals surface area (Å²) >= 11 is 0. The second-order valence-electron chi connectivity index (χ2n) is 6.72. The first-order valence-corrected chi connectivity index (χ1v) is 8.66. The SMILES string of the molecule is CC(=N)N(C)CCCC1(c2ccc(F)cc2)OCc2cc(C#N)ccc21. The Morgan fingerprint density at radius 1 is 1.31 bits per heavy atom. The Hall–Kier alpha value is -2.71. The molecule has 0 amide bonds. The molecule has 0 saturated heterocycles. The molecule has 2 aromatic rings. The van der Waals surface area contributed by atoms with Crippen molar-refractivity contribution in [2.75, 3.05) is 13.6 Å². The number of hydrogen-bond donors (Lipinski definition) is 1. The molecule has 1 aliphatic rings. The van der Waals surface area contributed by atoms with E-state index in [1.54, 1.807) is 25.1 Å². The lowest BCUT2D eigenvalue weighted by Gasteiger charge is -2.31. The van der Waals surface area contributed by atoms with Crippen LogP contribution in [0.4, 0.5) is 4.39 Å². The van der Waals surface area contributed by atoms with Crippen LogP contribution in [-0.2, 0) is 16.9 Å². The molecule has 5 heteroatoms. The number of nitrogens with one attached hydrogen (secondary N) is 1. The lowest BCUT2D eigenvalue weighted by molar-refractivity contribution is -0.0136. The zero-order valence-corrected chi connectivity index (χ0v) is 15.1. The number of amidine groups is 1. The smallest absolute Gasteiger partial charge is 0.123 e. The van der Waals surface area contributed by atoms with Crippen LogP contribution in [0.25, 0.3) is 0 Å². The monoisotopic (exact) mass is 351 g/mol. The van der Waals surface area contributed by atoms with Gasteiger partial charge >= 0.3 is 0 Å². The number of nitrogens with zero attached hydrogens (tertiary/aromatic N) is 2. The van der Waals surface area contributed by atoms with Gasteiger partial charge in [-0.25, -0.2) is 4.39 Å². The minimum Gasteiger partial charge on any atom is -0.364 e. The van der Waals surface area contributed by atoms with Crippen molar-refractivity contribution in [1.29, 1.82) is 10.7 Å². The zero-order chi connectivity index (χ0) is 18.7. The Bertz CT molecular complexity index is 857. The Morgan fingerprint density at radius 2 is 2.04 bits per heavy atom. The van der Waals surface area contributed by atoms with Gasteiger partial charge in [0.25, 0.3) is 0 Å². The molecular formula is C21H22FN3O. The zero-order valence-electron chi connectivity index (χ0n) is 15.1. The van der Waals surface area contributed by atoms with Gasteiger partial charge in [-0.1, -0.05) is 18.2 Å². The topological polar surface area (TPSA) is 60.1 Å². The number of hydrogen-bond acceptors (Lipinski definition) is 3. The van der Waals surface area contributed by atoms with E-state index in [2.05, 4.69) is 6.07 Å². The molecule has 134 valence electrons. The van der Waals surface area contributed by atoms with Gasteiger partial charge in [0.1, 0.15) is 11.4 Å². The fourth-order valence-electron chi connectivity index (χ4n) is 3.50. The Kier molecular flexibility index (Phi) is 5.06. The second-order valence-corrected chi connectivity index (χ2v) is 6.72. The molecule has 1 atom stereocenters. The van der Waals surface area contributed by atoms with Gasteiger partial charge in [-0.2, -0.15) is 5.26 Å². The van der Waals surface area contributed by atoms with Crippen molar-refractivity contribution in [3.8, 4) is 6.07 Å². The summed E-state index contributed by atoms with van der Waals surface area (Å²) in [5, 5.41) is 16.9. The van der Waals surface area contributed by atoms with Crippen molar-refractivity contribution in [2.45, 2.75) is 32.0 Å². The molecule has 0 radical (unpaired) electrons. The Labute approximate surface area is 153 Å². The number of rotatable bonds is 5. The van der Waals surface area contributed by atoms with E-state index in [0.29, 0.717) is 18.0 Å². The maximum Gasteiger partial charge on any atom is 0.123 e. The van der Waals surface area contributed by atoms with E-state index < -0.39 is 5.60 Å². The molecule has 0 fully saturated rings. The number of ether oxygens (including phenoxy) is 1. The highest BCUT2D eigenvalue weighted by atomic mass is 19.1. The molecule has 0 aliphatic carbocycles. The first-order valence-electron chi connectivity index (χ1n) is 8.66. The minimum absolute atomic E-state index is 0.277. The molecule has 0 bridgehead atoms. The van der Waals surface area contributed by atoms with E-state index in [1.807, 2.05) is 24.1 Å². The van der Waals surface area contributed by atoms with Crippen LogP contribution in [0.2, 0.25) is 0 Å². The van der Waals surface area contributed by atoms with Crippen molar-refractivity contribution in [2.24, 2.45) is 0 Å². The summed E-state index contributed by atoms with van der Waals surface area (Å²) in [5.74, 6) is 0.244. The van der Waals surface area contributed by atoms with Gasteiger partial charge in [-0.05, 0) is 60.7 Å². The predicted molar refractivity (Wildman–Crippen MR) is 98.4 cm³/mol. The van der Waals surface area contributed by atoms with E-state index in [1.165, 1.54) is 12.1 Å². The summed E-state index contributed by atoms with van der Waals surface area (Å²) in [6.07, 6.45) is 1.54. The highest BCUT2D eigenvalue weighted by molar-refractivity contribution is 5.75. The lowest BCUT2D eigenvalue weighted by Crippen LogP contribution is -2.30. The van der Waals surface area contributed by atoms with Crippen LogP contribution in [0.15, 0.2) is 42.5 Å². The van der Waals surface area contributed by atoms with Gasteiger partial charge < -0.3 is 9.64 Å². The molecule has 2 aromatic carbocycles. The van der Waals surface area contributed by atoms with E-state index in [4.69, 9.17) is 15.4 Å². The van der Waals surface area contributed by atoms with Crippen molar-refractivity contribution in [3.63, 3.8) is 0 Å². The number of benzene rings is 2. The first kappa shape index (κ1) is 18.1. The largest absolute Gasteiger partial charge is 0.364 e. The van der Waals surface area contributed by atoms with E-state index in [9.17, 15) is 4.39 Å². The third-order valence-electron chi connectivity index (χ3n) is 5.05. The third-order valence-corrected chi connectivity index (χ3v) is 5.05. The van der Waals surface area contributed by atoms with Crippen molar-refractivity contribution in [1.82, 2.24) is 4.90 Å². The summed E-state index contributed by atoms with van der Waals surface area (Å²) in [5.41, 5.74) is 2.92. The molecule has 26 heavy (non-hydrogen) atoms. The standard InChI is InChI=1S/C21H22FN3O/c1-15(24)25(2)11-3-10-21(18-5-7-19(22)8-6-18)20-9-4-16(13-23)12-17(20)14-26-21/h4-9,12,24H,3,10-11,14H2,1-2H3. The molecular weight excluding hydrogens is 329 g/mol. The minimum atomic E-state index is -0.645. The maximum atomic E-state index is 13.4. The van der Waals surface area contributed by atoms with Crippen LogP contribution < -0.4 is 0 Å². The molecule has 0 aromatic heterocycles. The molecule has 0 saturated carbocycles. The van der Waals surface area contributed by atoms with E-state index in [0.717, 1.165) is 36.1 Å². The average molecular weight is 351 g/mol. The first-order chi connectivity index (χ1) is 12.5. The van der Waals surface area contributed by atoms with E-state index in [-0.39, 0.29) is 5.82 Å². The summed E-state index contributed by atoms with van der Waals surface area (Å²) in [7, 11) is 1.90. The van der Waals surface area contributed by atoms with Crippen molar-refractivity contribution in [3.05, 3.63) is 70.5 Å². The second kappa shape index (κ2) is 7.27. The Morgan fingerprint density at radius 3 is 2.69 bits per heavy atom. The molecule has 0 spiro atoms. The predicted octanol–water partition coefficient (Wildman–Crippen LogP) is 4.18. The summed E-state index contributed by atoms with van der Waals surface area (Å²) in [4.78, 5) is 1.90. The van der Waals surface area contributed by atoms with Crippen LogP contribution in [0.5, 0.6) is 0 Å². The molecule has 1 aliphatic heterocycles. The van der Waals surface area contributed by atoms with Gasteiger partial charge in [-0.15, -0.1) is 0 Å². The molecule has 1 N–H and O–H groups in total. The van der Waals surface area contributed by atoms with Gasteiger partial charge in [-0.3, -0.25) is 5.41 Å². The summed E-state index contributed by atoms with van der Waals surface area (Å²) in [6.45, 7) is 2.94. The van der Waals surface area contributed by atoms with Gasteiger partial charge in [0.05, 0.1) is 24.1 Å². The fraction of sp³-hybridized carbons (Fsp3) is 0.333. The average Bonchev–Trinajstić information content (AvgIpc) is 3.01. The van der Waals surface area contributed by atoms with Gasteiger partial charge in [0.2, 0.25) is 0 Å². The van der Waals surface area contributed by atoms with Crippen molar-refractivity contribution >= 4 is 5.84 Å². The highest BCUT2D eigenvalue weighted by Gasteiger charge is 2.41. The third kappa shape index (κ3) is 3.33. The van der Waals surface area contributed by atoms with Gasteiger partial charge in [0, 0.05) is 13.6 Å².